The largest absolute Gasteiger partial charge is 0.365 e. The van der Waals surface area contributed by atoms with Crippen LogP contribution in [0.25, 0.3) is 0 Å². The van der Waals surface area contributed by atoms with Crippen LogP contribution in [0.5, 0.6) is 0 Å². The maximum absolute atomic E-state index is 12.3. The first-order valence-electron chi connectivity index (χ1n) is 6.60. The summed E-state index contributed by atoms with van der Waals surface area (Å²) in [5.74, 6) is 0.807. The summed E-state index contributed by atoms with van der Waals surface area (Å²) in [6.07, 6.45) is 4.91. The molecule has 0 saturated carbocycles. The molecular formula is C13H19N3O2. The molecule has 1 unspecified atom stereocenters. The highest BCUT2D eigenvalue weighted by atomic mass is 16.5. The van der Waals surface area contributed by atoms with Gasteiger partial charge >= 0.3 is 0 Å². The summed E-state index contributed by atoms with van der Waals surface area (Å²) in [6.45, 7) is 2.54. The van der Waals surface area contributed by atoms with E-state index in [0.717, 1.165) is 43.6 Å². The van der Waals surface area contributed by atoms with Crippen LogP contribution in [0.2, 0.25) is 0 Å². The van der Waals surface area contributed by atoms with Crippen LogP contribution < -0.4 is 5.32 Å². The zero-order valence-corrected chi connectivity index (χ0v) is 11.0. The van der Waals surface area contributed by atoms with Crippen LogP contribution in [0.1, 0.15) is 37.4 Å². The fourth-order valence-corrected chi connectivity index (χ4v) is 2.87. The molecule has 1 amide bonds. The van der Waals surface area contributed by atoms with Gasteiger partial charge in [0.05, 0.1) is 5.69 Å². The number of nitrogens with zero attached hydrogens (tertiary/aromatic N) is 2. The molecule has 98 valence electrons. The van der Waals surface area contributed by atoms with Crippen LogP contribution in [0.15, 0.2) is 0 Å². The molecule has 1 aliphatic carbocycles. The molecule has 0 spiro atoms. The Kier molecular flexibility index (Phi) is 2.66. The lowest BCUT2D eigenvalue weighted by atomic mass is 10.0. The number of amides is 1. The first kappa shape index (κ1) is 11.7. The van der Waals surface area contributed by atoms with Gasteiger partial charge in [-0.3, -0.25) is 9.48 Å². The van der Waals surface area contributed by atoms with Gasteiger partial charge in [-0.2, -0.15) is 5.10 Å². The minimum atomic E-state index is -0.671. The van der Waals surface area contributed by atoms with Crippen molar-refractivity contribution in [3.63, 3.8) is 0 Å². The summed E-state index contributed by atoms with van der Waals surface area (Å²) in [5.41, 5.74) is 1.66. The summed E-state index contributed by atoms with van der Waals surface area (Å²) < 4.78 is 7.35. The van der Waals surface area contributed by atoms with Gasteiger partial charge in [0.1, 0.15) is 11.4 Å². The Balaban J connectivity index is 1.82. The summed E-state index contributed by atoms with van der Waals surface area (Å²) in [6, 6.07) is 0. The molecule has 1 saturated heterocycles. The van der Waals surface area contributed by atoms with E-state index in [1.54, 1.807) is 4.68 Å². The molecule has 5 heteroatoms. The quantitative estimate of drug-likeness (QED) is 0.862. The Morgan fingerprint density at radius 3 is 3.00 bits per heavy atom. The molecule has 0 radical (unpaired) electrons. The molecule has 1 aliphatic heterocycles. The molecule has 2 aliphatic rings. The van der Waals surface area contributed by atoms with E-state index >= 15 is 0 Å². The first-order valence-corrected chi connectivity index (χ1v) is 6.60. The molecule has 1 aromatic heterocycles. The smallest absolute Gasteiger partial charge is 0.257 e. The van der Waals surface area contributed by atoms with Gasteiger partial charge in [-0.25, -0.2) is 0 Å². The second kappa shape index (κ2) is 4.09. The molecule has 0 aromatic carbocycles. The van der Waals surface area contributed by atoms with E-state index < -0.39 is 5.60 Å². The SMILES string of the molecule is Cn1nc2c(c1NC(=O)C1(C)CCCO1)CCC2. The van der Waals surface area contributed by atoms with Crippen molar-refractivity contribution in [3.05, 3.63) is 11.3 Å². The van der Waals surface area contributed by atoms with Crippen LogP contribution in [0.4, 0.5) is 5.82 Å². The average molecular weight is 249 g/mol. The maximum Gasteiger partial charge on any atom is 0.257 e. The van der Waals surface area contributed by atoms with E-state index in [1.807, 2.05) is 14.0 Å². The van der Waals surface area contributed by atoms with Gasteiger partial charge in [-0.1, -0.05) is 0 Å². The second-order valence-electron chi connectivity index (χ2n) is 5.39. The van der Waals surface area contributed by atoms with Gasteiger partial charge in [-0.05, 0) is 39.0 Å². The van der Waals surface area contributed by atoms with Crippen molar-refractivity contribution in [2.24, 2.45) is 7.05 Å². The molecule has 1 aromatic rings. The van der Waals surface area contributed by atoms with Crippen molar-refractivity contribution in [2.75, 3.05) is 11.9 Å². The van der Waals surface area contributed by atoms with Crippen LogP contribution in [0, 0.1) is 0 Å². The Hall–Kier alpha value is -1.36. The standard InChI is InChI=1S/C13H19N3O2/c1-13(7-4-8-18-13)12(17)14-11-9-5-3-6-10(9)15-16(11)2/h3-8H2,1-2H3,(H,14,17). The number of carbonyl (C=O) groups excluding carboxylic acids is 1. The van der Waals surface area contributed by atoms with E-state index in [-0.39, 0.29) is 5.91 Å². The van der Waals surface area contributed by atoms with Gasteiger partial charge in [0, 0.05) is 19.2 Å². The minimum absolute atomic E-state index is 0.0438. The van der Waals surface area contributed by atoms with Crippen molar-refractivity contribution >= 4 is 11.7 Å². The van der Waals surface area contributed by atoms with Gasteiger partial charge in [0.15, 0.2) is 0 Å². The molecule has 5 nitrogen and oxygen atoms in total. The predicted octanol–water partition coefficient (Wildman–Crippen LogP) is 1.42. The molecule has 0 bridgehead atoms. The molecular weight excluding hydrogens is 230 g/mol. The van der Waals surface area contributed by atoms with Gasteiger partial charge in [0.25, 0.3) is 5.91 Å². The third kappa shape index (κ3) is 1.73. The molecule has 1 fully saturated rings. The number of carbonyl (C=O) groups is 1. The third-order valence-electron chi connectivity index (χ3n) is 4.00. The third-order valence-corrected chi connectivity index (χ3v) is 4.00. The maximum atomic E-state index is 12.3. The number of fused-ring (bicyclic) bond motifs is 1. The number of aromatic nitrogens is 2. The Morgan fingerprint density at radius 2 is 2.28 bits per heavy atom. The zero-order valence-electron chi connectivity index (χ0n) is 11.0. The van der Waals surface area contributed by atoms with E-state index in [9.17, 15) is 4.79 Å². The molecule has 1 N–H and O–H groups in total. The number of ether oxygens (including phenoxy) is 1. The van der Waals surface area contributed by atoms with Crippen LogP contribution >= 0.6 is 0 Å². The fraction of sp³-hybridized carbons (Fsp3) is 0.692. The highest BCUT2D eigenvalue weighted by Crippen LogP contribution is 2.31. The number of anilines is 1. The molecule has 18 heavy (non-hydrogen) atoms. The Labute approximate surface area is 107 Å². The lowest BCUT2D eigenvalue weighted by Crippen LogP contribution is -2.39. The predicted molar refractivity (Wildman–Crippen MR) is 67.5 cm³/mol. The van der Waals surface area contributed by atoms with Crippen molar-refractivity contribution in [3.8, 4) is 0 Å². The second-order valence-corrected chi connectivity index (χ2v) is 5.39. The molecule has 2 heterocycles. The van der Waals surface area contributed by atoms with Gasteiger partial charge < -0.3 is 10.1 Å². The van der Waals surface area contributed by atoms with Gasteiger partial charge in [0.2, 0.25) is 0 Å². The van der Waals surface area contributed by atoms with Crippen molar-refractivity contribution < 1.29 is 9.53 Å². The monoisotopic (exact) mass is 249 g/mol. The summed E-state index contributed by atoms with van der Waals surface area (Å²) >= 11 is 0. The van der Waals surface area contributed by atoms with Crippen LogP contribution in [0.3, 0.4) is 0 Å². The topological polar surface area (TPSA) is 56.2 Å². The van der Waals surface area contributed by atoms with Crippen molar-refractivity contribution in [1.29, 1.82) is 0 Å². The molecule has 3 rings (SSSR count). The zero-order chi connectivity index (χ0) is 12.8. The van der Waals surface area contributed by atoms with Crippen molar-refractivity contribution in [1.82, 2.24) is 9.78 Å². The van der Waals surface area contributed by atoms with Crippen LogP contribution in [-0.2, 0) is 29.4 Å². The Morgan fingerprint density at radius 1 is 1.44 bits per heavy atom. The van der Waals surface area contributed by atoms with Gasteiger partial charge in [-0.15, -0.1) is 0 Å². The number of hydrogen-bond donors (Lipinski definition) is 1. The van der Waals surface area contributed by atoms with Crippen LogP contribution in [-0.4, -0.2) is 27.9 Å². The number of rotatable bonds is 2. The average Bonchev–Trinajstić information content (AvgIpc) is 2.99. The highest BCUT2D eigenvalue weighted by Gasteiger charge is 2.38. The summed E-state index contributed by atoms with van der Waals surface area (Å²) in [4.78, 5) is 12.3. The number of nitrogens with one attached hydrogen (secondary N) is 1. The fourth-order valence-electron chi connectivity index (χ4n) is 2.87. The lowest BCUT2D eigenvalue weighted by Gasteiger charge is -2.22. The number of hydrogen-bond acceptors (Lipinski definition) is 3. The van der Waals surface area contributed by atoms with Crippen molar-refractivity contribution in [2.45, 2.75) is 44.6 Å². The van der Waals surface area contributed by atoms with E-state index in [4.69, 9.17) is 4.74 Å². The minimum Gasteiger partial charge on any atom is -0.365 e. The van der Waals surface area contributed by atoms with E-state index in [2.05, 4.69) is 10.4 Å². The normalized spacial score (nSPS) is 26.3. The van der Waals surface area contributed by atoms with E-state index in [0.29, 0.717) is 6.61 Å². The highest BCUT2D eigenvalue weighted by molar-refractivity contribution is 5.97. The Bertz CT molecular complexity index is 487. The number of aryl methyl sites for hydroxylation is 2. The summed E-state index contributed by atoms with van der Waals surface area (Å²) in [7, 11) is 1.88. The first-order chi connectivity index (χ1) is 8.60. The summed E-state index contributed by atoms with van der Waals surface area (Å²) in [5, 5.41) is 7.46. The van der Waals surface area contributed by atoms with E-state index in [1.165, 1.54) is 5.56 Å². The lowest BCUT2D eigenvalue weighted by molar-refractivity contribution is -0.133. The molecule has 1 atom stereocenters.